The van der Waals surface area contributed by atoms with Crippen LogP contribution in [0.1, 0.15) is 52.7 Å². The molecule has 3 aromatic carbocycles. The number of benzene rings is 3. The van der Waals surface area contributed by atoms with Crippen LogP contribution < -0.4 is 15.4 Å². The molecule has 1 heterocycles. The zero-order chi connectivity index (χ0) is 35.7. The van der Waals surface area contributed by atoms with Crippen molar-refractivity contribution in [3.63, 3.8) is 0 Å². The van der Waals surface area contributed by atoms with Crippen LogP contribution in [0.3, 0.4) is 0 Å². The maximum absolute atomic E-state index is 15.4. The lowest BCUT2D eigenvalue weighted by molar-refractivity contribution is -0.119. The Kier molecular flexibility index (Phi) is 12.0. The van der Waals surface area contributed by atoms with Gasteiger partial charge in [0.25, 0.3) is 5.89 Å². The predicted molar refractivity (Wildman–Crippen MR) is 187 cm³/mol. The molecule has 1 amide bonds. The zero-order valence-corrected chi connectivity index (χ0v) is 28.7. The SMILES string of the molecule is C/C=C(\C=C(\C=O)C(=O)C(Cc1ccc(-c2noc(-c3ccc(NC(=O)OC(C)(C)C)cc3)n2)c(F)c1)NC)c1ccc(OC(C)C)cc1. The van der Waals surface area contributed by atoms with E-state index in [2.05, 4.69) is 20.8 Å². The Morgan fingerprint density at radius 1 is 1.02 bits per heavy atom. The van der Waals surface area contributed by atoms with Gasteiger partial charge in [0.2, 0.25) is 5.82 Å². The van der Waals surface area contributed by atoms with Gasteiger partial charge in [-0.15, -0.1) is 0 Å². The molecular formula is C38H41FN4O6. The first-order valence-electron chi connectivity index (χ1n) is 15.8. The summed E-state index contributed by atoms with van der Waals surface area (Å²) in [4.78, 5) is 41.9. The molecule has 11 heteroatoms. The van der Waals surface area contributed by atoms with Crippen molar-refractivity contribution in [3.8, 4) is 28.6 Å². The van der Waals surface area contributed by atoms with Crippen LogP contribution in [0.2, 0.25) is 0 Å². The number of ketones is 1. The molecule has 0 saturated heterocycles. The molecule has 0 saturated carbocycles. The Balaban J connectivity index is 1.45. The van der Waals surface area contributed by atoms with Gasteiger partial charge in [-0.05, 0) is 126 Å². The van der Waals surface area contributed by atoms with Gasteiger partial charge in [0.05, 0.1) is 23.3 Å². The van der Waals surface area contributed by atoms with E-state index in [9.17, 15) is 14.4 Å². The lowest BCUT2D eigenvalue weighted by Crippen LogP contribution is -2.37. The lowest BCUT2D eigenvalue weighted by Gasteiger charge is -2.19. The second kappa shape index (κ2) is 16.1. The van der Waals surface area contributed by atoms with Gasteiger partial charge >= 0.3 is 6.09 Å². The van der Waals surface area contributed by atoms with Crippen LogP contribution in [0.25, 0.3) is 28.4 Å². The van der Waals surface area contributed by atoms with Crippen molar-refractivity contribution in [3.05, 3.63) is 101 Å². The summed E-state index contributed by atoms with van der Waals surface area (Å²) in [7, 11) is 1.61. The fraction of sp³-hybridized carbons (Fsp3) is 0.289. The normalized spacial score (nSPS) is 12.8. The third-order valence-corrected chi connectivity index (χ3v) is 7.18. The van der Waals surface area contributed by atoms with Gasteiger partial charge in [-0.25, -0.2) is 9.18 Å². The third kappa shape index (κ3) is 10.0. The Bertz CT molecular complexity index is 1840. The molecule has 0 aliphatic rings. The van der Waals surface area contributed by atoms with Gasteiger partial charge in [-0.3, -0.25) is 14.9 Å². The van der Waals surface area contributed by atoms with Gasteiger partial charge in [0.1, 0.15) is 17.2 Å². The van der Waals surface area contributed by atoms with Crippen molar-refractivity contribution in [1.29, 1.82) is 0 Å². The molecule has 0 bridgehead atoms. The van der Waals surface area contributed by atoms with Crippen LogP contribution in [-0.4, -0.2) is 53.1 Å². The molecule has 0 aliphatic carbocycles. The van der Waals surface area contributed by atoms with E-state index < -0.39 is 29.3 Å². The van der Waals surface area contributed by atoms with Crippen molar-refractivity contribution in [2.75, 3.05) is 12.4 Å². The minimum Gasteiger partial charge on any atom is -0.491 e. The van der Waals surface area contributed by atoms with Crippen LogP contribution in [0, 0.1) is 5.82 Å². The molecular weight excluding hydrogens is 627 g/mol. The largest absolute Gasteiger partial charge is 0.491 e. The minimum absolute atomic E-state index is 0.0139. The average Bonchev–Trinajstić information content (AvgIpc) is 3.54. The highest BCUT2D eigenvalue weighted by Crippen LogP contribution is 2.27. The number of carbonyl (C=O) groups is 3. The van der Waals surface area contributed by atoms with Crippen LogP contribution in [-0.2, 0) is 20.7 Å². The smallest absolute Gasteiger partial charge is 0.412 e. The Labute approximate surface area is 285 Å². The average molecular weight is 669 g/mol. The predicted octanol–water partition coefficient (Wildman–Crippen LogP) is 7.61. The summed E-state index contributed by atoms with van der Waals surface area (Å²) in [5.74, 6) is -0.0896. The van der Waals surface area contributed by atoms with Crippen LogP contribution in [0.4, 0.5) is 14.9 Å². The molecule has 256 valence electrons. The van der Waals surface area contributed by atoms with Crippen molar-refractivity contribution in [2.45, 2.75) is 65.7 Å². The number of Topliss-reactive ketones (excluding diaryl/α,β-unsaturated/α-hetero) is 1. The van der Waals surface area contributed by atoms with Crippen molar-refractivity contribution in [2.24, 2.45) is 0 Å². The third-order valence-electron chi connectivity index (χ3n) is 7.18. The number of halogens is 1. The molecule has 1 aromatic heterocycles. The fourth-order valence-electron chi connectivity index (χ4n) is 4.86. The molecule has 4 aromatic rings. The molecule has 1 atom stereocenters. The van der Waals surface area contributed by atoms with E-state index in [0.29, 0.717) is 28.7 Å². The molecule has 1 unspecified atom stereocenters. The van der Waals surface area contributed by atoms with Crippen LogP contribution in [0.5, 0.6) is 5.75 Å². The number of anilines is 1. The summed E-state index contributed by atoms with van der Waals surface area (Å²) < 4.78 is 31.7. The lowest BCUT2D eigenvalue weighted by atomic mass is 9.94. The van der Waals surface area contributed by atoms with Crippen molar-refractivity contribution >= 4 is 29.4 Å². The van der Waals surface area contributed by atoms with Gasteiger partial charge in [0.15, 0.2) is 12.1 Å². The second-order valence-electron chi connectivity index (χ2n) is 12.5. The Hall–Kier alpha value is -5.42. The maximum Gasteiger partial charge on any atom is 0.412 e. The minimum atomic E-state index is -0.786. The van der Waals surface area contributed by atoms with Crippen molar-refractivity contribution in [1.82, 2.24) is 15.5 Å². The number of ether oxygens (including phenoxy) is 2. The quantitative estimate of drug-likeness (QED) is 0.0486. The number of aldehydes is 1. The zero-order valence-electron chi connectivity index (χ0n) is 28.7. The van der Waals surface area contributed by atoms with Gasteiger partial charge < -0.3 is 19.3 Å². The molecule has 49 heavy (non-hydrogen) atoms. The van der Waals surface area contributed by atoms with E-state index in [1.165, 1.54) is 12.1 Å². The van der Waals surface area contributed by atoms with E-state index >= 15 is 4.39 Å². The van der Waals surface area contributed by atoms with E-state index in [4.69, 9.17) is 14.0 Å². The number of nitrogens with one attached hydrogen (secondary N) is 2. The van der Waals surface area contributed by atoms with Gasteiger partial charge in [0, 0.05) is 11.3 Å². The molecule has 10 nitrogen and oxygen atoms in total. The standard InChI is InChI=1S/C38H41FN4O6/c1-8-25(26-12-16-30(17-13-26)47-23(2)3)21-28(22-44)34(45)33(40-7)20-24-9-18-31(32(39)19-24)35-42-36(49-43-35)27-10-14-29(15-11-27)41-37(46)48-38(4,5)6/h8-19,21-23,33,40H,20H2,1-7H3,(H,41,46)/b25-8+,28-21-. The first-order chi connectivity index (χ1) is 23.3. The summed E-state index contributed by atoms with van der Waals surface area (Å²) in [5, 5.41) is 9.55. The Morgan fingerprint density at radius 3 is 2.29 bits per heavy atom. The number of hydrogen-bond donors (Lipinski definition) is 2. The topological polar surface area (TPSA) is 133 Å². The fourth-order valence-corrected chi connectivity index (χ4v) is 4.86. The van der Waals surface area contributed by atoms with Crippen LogP contribution in [0.15, 0.2) is 89.0 Å². The number of allylic oxidation sites excluding steroid dienone is 3. The van der Waals surface area contributed by atoms with Gasteiger partial charge in [-0.1, -0.05) is 29.4 Å². The number of hydrogen-bond acceptors (Lipinski definition) is 9. The summed E-state index contributed by atoms with van der Waals surface area (Å²) in [6.45, 7) is 11.0. The first kappa shape index (κ1) is 36.4. The van der Waals surface area contributed by atoms with Crippen molar-refractivity contribution < 1.29 is 32.8 Å². The summed E-state index contributed by atoms with van der Waals surface area (Å²) in [5.41, 5.74) is 2.60. The highest BCUT2D eigenvalue weighted by atomic mass is 19.1. The molecule has 4 rings (SSSR count). The highest BCUT2D eigenvalue weighted by Gasteiger charge is 2.23. The summed E-state index contributed by atoms with van der Waals surface area (Å²) in [6.07, 6.45) is 3.50. The van der Waals surface area contributed by atoms with E-state index in [1.807, 2.05) is 51.1 Å². The van der Waals surface area contributed by atoms with E-state index in [1.54, 1.807) is 64.2 Å². The molecule has 0 fully saturated rings. The number of nitrogens with zero attached hydrogens (tertiary/aromatic N) is 2. The van der Waals surface area contributed by atoms with E-state index in [-0.39, 0.29) is 35.4 Å². The summed E-state index contributed by atoms with van der Waals surface area (Å²) in [6, 6.07) is 17.8. The monoisotopic (exact) mass is 668 g/mol. The number of carbonyl (C=O) groups excluding carboxylic acids is 3. The number of amides is 1. The highest BCUT2D eigenvalue weighted by molar-refractivity contribution is 6.15. The van der Waals surface area contributed by atoms with E-state index in [0.717, 1.165) is 11.3 Å². The van der Waals surface area contributed by atoms with Gasteiger partial charge in [-0.2, -0.15) is 4.98 Å². The maximum atomic E-state index is 15.4. The number of aromatic nitrogens is 2. The Morgan fingerprint density at radius 2 is 1.71 bits per heavy atom. The molecule has 0 aliphatic heterocycles. The molecule has 0 spiro atoms. The number of likely N-dealkylation sites (N-methyl/N-ethyl adjacent to an activating group) is 1. The first-order valence-corrected chi connectivity index (χ1v) is 15.8. The molecule has 2 N–H and O–H groups in total. The molecule has 0 radical (unpaired) electrons. The summed E-state index contributed by atoms with van der Waals surface area (Å²) >= 11 is 0. The number of rotatable bonds is 13. The van der Waals surface area contributed by atoms with Crippen LogP contribution >= 0.6 is 0 Å². The second-order valence-corrected chi connectivity index (χ2v) is 12.5.